The van der Waals surface area contributed by atoms with Gasteiger partial charge in [0, 0.05) is 42.8 Å². The summed E-state index contributed by atoms with van der Waals surface area (Å²) < 4.78 is 7.46. The van der Waals surface area contributed by atoms with Crippen LogP contribution in [0.2, 0.25) is 0 Å². The maximum absolute atomic E-state index is 12.8. The van der Waals surface area contributed by atoms with E-state index < -0.39 is 5.60 Å². The fourth-order valence-electron chi connectivity index (χ4n) is 4.39. The van der Waals surface area contributed by atoms with E-state index in [4.69, 9.17) is 4.74 Å². The Labute approximate surface area is 197 Å². The number of aromatic nitrogens is 1. The second kappa shape index (κ2) is 11.1. The van der Waals surface area contributed by atoms with Gasteiger partial charge >= 0.3 is 6.09 Å². The molecule has 2 aromatic rings. The predicted molar refractivity (Wildman–Crippen MR) is 133 cm³/mol. The molecule has 1 atom stereocenters. The van der Waals surface area contributed by atoms with E-state index in [1.807, 2.05) is 45.2 Å². The number of fused-ring (bicyclic) bond motifs is 1. The van der Waals surface area contributed by atoms with Gasteiger partial charge in [-0.2, -0.15) is 0 Å². The van der Waals surface area contributed by atoms with Crippen LogP contribution in [0.4, 0.5) is 4.79 Å². The molecule has 0 spiro atoms. The monoisotopic (exact) mass is 456 g/mol. The minimum Gasteiger partial charge on any atom is -0.444 e. The van der Waals surface area contributed by atoms with Crippen LogP contribution in [0.3, 0.4) is 0 Å². The molecule has 0 unspecified atom stereocenters. The molecule has 0 saturated carbocycles. The second-order valence-corrected chi connectivity index (χ2v) is 10.4. The molecule has 2 amide bonds. The number of alkyl carbamates (subject to hydrolysis) is 1. The number of ether oxygens (including phenoxy) is 1. The first kappa shape index (κ1) is 25.1. The van der Waals surface area contributed by atoms with Gasteiger partial charge in [0.2, 0.25) is 0 Å². The molecule has 1 aromatic carbocycles. The molecule has 0 aliphatic carbocycles. The zero-order valence-electron chi connectivity index (χ0n) is 20.8. The highest BCUT2D eigenvalue weighted by Gasteiger charge is 2.24. The second-order valence-electron chi connectivity index (χ2n) is 10.4. The summed E-state index contributed by atoms with van der Waals surface area (Å²) in [5.41, 5.74) is 1.38. The number of amides is 2. The smallest absolute Gasteiger partial charge is 0.407 e. The highest BCUT2D eigenvalue weighted by Crippen LogP contribution is 2.24. The van der Waals surface area contributed by atoms with Crippen LogP contribution in [0.1, 0.15) is 70.3 Å². The largest absolute Gasteiger partial charge is 0.444 e. The molecular formula is C26H40N4O3. The van der Waals surface area contributed by atoms with E-state index in [1.165, 1.54) is 0 Å². The number of nitrogens with zero attached hydrogens (tertiary/aromatic N) is 2. The summed E-state index contributed by atoms with van der Waals surface area (Å²) in [6, 6.07) is 8.39. The van der Waals surface area contributed by atoms with E-state index in [9.17, 15) is 9.59 Å². The van der Waals surface area contributed by atoms with E-state index >= 15 is 0 Å². The van der Waals surface area contributed by atoms with Crippen molar-refractivity contribution in [3.8, 4) is 0 Å². The fraction of sp³-hybridized carbons (Fsp3) is 0.615. The topological polar surface area (TPSA) is 75.6 Å². The molecule has 2 N–H and O–H groups in total. The number of hydrogen-bond acceptors (Lipinski definition) is 4. The molecule has 2 heterocycles. The summed E-state index contributed by atoms with van der Waals surface area (Å²) in [5.74, 6) is 0.468. The first-order chi connectivity index (χ1) is 15.6. The van der Waals surface area contributed by atoms with E-state index in [2.05, 4.69) is 40.0 Å². The van der Waals surface area contributed by atoms with Crippen molar-refractivity contribution in [1.82, 2.24) is 20.1 Å². The molecule has 33 heavy (non-hydrogen) atoms. The van der Waals surface area contributed by atoms with Gasteiger partial charge in [-0.25, -0.2) is 4.79 Å². The summed E-state index contributed by atoms with van der Waals surface area (Å²) >= 11 is 0. The third-order valence-corrected chi connectivity index (χ3v) is 6.03. The van der Waals surface area contributed by atoms with E-state index in [0.29, 0.717) is 25.0 Å². The van der Waals surface area contributed by atoms with Crippen LogP contribution in [0, 0.1) is 5.92 Å². The lowest BCUT2D eigenvalue weighted by atomic mass is 10.1. The summed E-state index contributed by atoms with van der Waals surface area (Å²) in [6.07, 6.45) is 4.71. The molecule has 1 saturated heterocycles. The van der Waals surface area contributed by atoms with Gasteiger partial charge in [0.05, 0.1) is 5.56 Å². The van der Waals surface area contributed by atoms with Crippen molar-refractivity contribution in [2.75, 3.05) is 32.7 Å². The van der Waals surface area contributed by atoms with Crippen molar-refractivity contribution < 1.29 is 14.3 Å². The number of carbonyl (C=O) groups is 2. The molecule has 1 aromatic heterocycles. The van der Waals surface area contributed by atoms with Crippen molar-refractivity contribution in [3.05, 3.63) is 36.0 Å². The summed E-state index contributed by atoms with van der Waals surface area (Å²) in [6.45, 7) is 14.3. The van der Waals surface area contributed by atoms with Crippen LogP contribution in [0.25, 0.3) is 10.9 Å². The number of nitrogens with one attached hydrogen (secondary N) is 2. The zero-order valence-corrected chi connectivity index (χ0v) is 20.8. The van der Waals surface area contributed by atoms with Gasteiger partial charge in [0.1, 0.15) is 5.60 Å². The Balaban J connectivity index is 1.35. The molecule has 0 radical (unpaired) electrons. The molecule has 7 nitrogen and oxygen atoms in total. The van der Waals surface area contributed by atoms with Crippen molar-refractivity contribution >= 4 is 22.9 Å². The summed E-state index contributed by atoms with van der Waals surface area (Å²) in [5, 5.41) is 6.99. The minimum atomic E-state index is -0.466. The van der Waals surface area contributed by atoms with E-state index in [1.54, 1.807) is 0 Å². The quantitative estimate of drug-likeness (QED) is 0.542. The molecular weight excluding hydrogens is 416 g/mol. The lowest BCUT2D eigenvalue weighted by Gasteiger charge is -2.21. The van der Waals surface area contributed by atoms with Crippen molar-refractivity contribution in [3.63, 3.8) is 0 Å². The fourth-order valence-corrected chi connectivity index (χ4v) is 4.39. The number of likely N-dealkylation sites (tertiary alicyclic amines) is 1. The number of unbranched alkanes of at least 4 members (excludes halogenated alkanes) is 1. The highest BCUT2D eigenvalue weighted by molar-refractivity contribution is 6.07. The molecule has 0 bridgehead atoms. The van der Waals surface area contributed by atoms with Gasteiger partial charge in [-0.3, -0.25) is 4.79 Å². The van der Waals surface area contributed by atoms with Crippen molar-refractivity contribution in [2.45, 2.75) is 65.5 Å². The van der Waals surface area contributed by atoms with Crippen LogP contribution in [-0.4, -0.2) is 59.8 Å². The number of carbonyl (C=O) groups excluding carboxylic acids is 2. The van der Waals surface area contributed by atoms with Crippen molar-refractivity contribution in [1.29, 1.82) is 0 Å². The molecule has 1 aliphatic rings. The molecule has 7 heteroatoms. The Hall–Kier alpha value is -2.54. The highest BCUT2D eigenvalue weighted by atomic mass is 16.6. The van der Waals surface area contributed by atoms with Crippen LogP contribution < -0.4 is 10.6 Å². The van der Waals surface area contributed by atoms with Gasteiger partial charge in [0.15, 0.2) is 0 Å². The number of para-hydroxylation sites is 1. The Morgan fingerprint density at radius 1 is 1.15 bits per heavy atom. The summed E-state index contributed by atoms with van der Waals surface area (Å²) in [4.78, 5) is 27.1. The van der Waals surface area contributed by atoms with Crippen LogP contribution >= 0.6 is 0 Å². The molecule has 1 fully saturated rings. The number of rotatable bonds is 9. The normalized spacial score (nSPS) is 17.0. The third-order valence-electron chi connectivity index (χ3n) is 6.03. The number of hydrogen-bond donors (Lipinski definition) is 2. The standard InChI is InChI=1S/C26H40N4O3/c1-19(2)30-18-22(21-10-6-7-11-23(21)30)24(31)27-13-8-9-14-29-15-12-20(17-29)16-28-25(32)33-26(3,4)5/h6-7,10-11,18-20H,8-9,12-17H2,1-5H3,(H,27,31)(H,28,32)/t20-/m0/s1. The van der Waals surface area contributed by atoms with Crippen LogP contribution in [0.15, 0.2) is 30.5 Å². The Kier molecular flexibility index (Phi) is 8.40. The van der Waals surface area contributed by atoms with Crippen LogP contribution in [0.5, 0.6) is 0 Å². The average molecular weight is 457 g/mol. The Morgan fingerprint density at radius 2 is 1.91 bits per heavy atom. The van der Waals surface area contributed by atoms with Gasteiger partial charge < -0.3 is 24.8 Å². The summed E-state index contributed by atoms with van der Waals surface area (Å²) in [7, 11) is 0. The van der Waals surface area contributed by atoms with Gasteiger partial charge in [-0.05, 0) is 79.0 Å². The number of benzene rings is 1. The Bertz CT molecular complexity index is 945. The Morgan fingerprint density at radius 3 is 2.64 bits per heavy atom. The lowest BCUT2D eigenvalue weighted by Crippen LogP contribution is -2.36. The van der Waals surface area contributed by atoms with E-state index in [0.717, 1.165) is 55.4 Å². The van der Waals surface area contributed by atoms with Gasteiger partial charge in [-0.1, -0.05) is 18.2 Å². The van der Waals surface area contributed by atoms with Crippen LogP contribution in [-0.2, 0) is 4.74 Å². The molecule has 182 valence electrons. The van der Waals surface area contributed by atoms with E-state index in [-0.39, 0.29) is 12.0 Å². The lowest BCUT2D eigenvalue weighted by molar-refractivity contribution is 0.0519. The van der Waals surface area contributed by atoms with Gasteiger partial charge in [-0.15, -0.1) is 0 Å². The maximum atomic E-state index is 12.8. The maximum Gasteiger partial charge on any atom is 0.407 e. The first-order valence-corrected chi connectivity index (χ1v) is 12.2. The van der Waals surface area contributed by atoms with Crippen molar-refractivity contribution in [2.24, 2.45) is 5.92 Å². The average Bonchev–Trinajstić information content (AvgIpc) is 3.35. The SMILES string of the molecule is CC(C)n1cc(C(=O)NCCCCN2CC[C@@H](CNC(=O)OC(C)(C)C)C2)c2ccccc21. The third kappa shape index (κ3) is 7.22. The predicted octanol–water partition coefficient (Wildman–Crippen LogP) is 4.58. The first-order valence-electron chi connectivity index (χ1n) is 12.2. The van der Waals surface area contributed by atoms with Gasteiger partial charge in [0.25, 0.3) is 5.91 Å². The minimum absolute atomic E-state index is 0.0000498. The molecule has 3 rings (SSSR count). The molecule has 1 aliphatic heterocycles. The zero-order chi connectivity index (χ0) is 24.0.